The van der Waals surface area contributed by atoms with E-state index >= 15 is 0 Å². The van der Waals surface area contributed by atoms with Gasteiger partial charge in [0.1, 0.15) is 0 Å². The van der Waals surface area contributed by atoms with Gasteiger partial charge >= 0.3 is 0 Å². The van der Waals surface area contributed by atoms with Crippen LogP contribution in [0.5, 0.6) is 0 Å². The Kier molecular flexibility index (Phi) is 8.93. The number of guanidine groups is 1. The number of aliphatic imine (C=N–C) groups is 1. The van der Waals surface area contributed by atoms with E-state index in [2.05, 4.69) is 17.6 Å². The van der Waals surface area contributed by atoms with Crippen molar-refractivity contribution in [3.63, 3.8) is 0 Å². The van der Waals surface area contributed by atoms with Crippen LogP contribution in [0.2, 0.25) is 0 Å². The summed E-state index contributed by atoms with van der Waals surface area (Å²) in [6.07, 6.45) is 9.29. The van der Waals surface area contributed by atoms with Crippen molar-refractivity contribution in [1.29, 1.82) is 0 Å². The summed E-state index contributed by atoms with van der Waals surface area (Å²) in [5.74, 6) is 1.66. The molecule has 3 unspecified atom stereocenters. The van der Waals surface area contributed by atoms with E-state index in [0.717, 1.165) is 31.8 Å². The van der Waals surface area contributed by atoms with Gasteiger partial charge in [-0.2, -0.15) is 0 Å². The number of halogens is 1. The van der Waals surface area contributed by atoms with Crippen LogP contribution < -0.4 is 10.6 Å². The van der Waals surface area contributed by atoms with Crippen molar-refractivity contribution in [2.75, 3.05) is 24.7 Å². The van der Waals surface area contributed by atoms with Gasteiger partial charge in [0, 0.05) is 25.2 Å². The van der Waals surface area contributed by atoms with Crippen LogP contribution in [0.3, 0.4) is 0 Å². The zero-order valence-electron chi connectivity index (χ0n) is 15.8. The number of ether oxygens (including phenoxy) is 1. The summed E-state index contributed by atoms with van der Waals surface area (Å²) in [5, 5.41) is 7.20. The zero-order valence-corrected chi connectivity index (χ0v) is 18.9. The average molecular weight is 499 g/mol. The molecule has 1 aliphatic carbocycles. The Morgan fingerprint density at radius 2 is 1.81 bits per heavy atom. The van der Waals surface area contributed by atoms with Crippen LogP contribution in [-0.4, -0.2) is 57.2 Å². The molecule has 2 heterocycles. The van der Waals surface area contributed by atoms with Crippen molar-refractivity contribution in [2.45, 2.75) is 76.5 Å². The van der Waals surface area contributed by atoms with Crippen LogP contribution in [0.15, 0.2) is 4.99 Å². The van der Waals surface area contributed by atoms with E-state index in [0.29, 0.717) is 30.1 Å². The SMILES string of the molecule is CC1CC(NC(=NCC2CCS(=O)(=O)C2)NC2CCCCC2)CCO1.I. The molecular weight excluding hydrogens is 465 g/mol. The van der Waals surface area contributed by atoms with E-state index in [-0.39, 0.29) is 36.0 Å². The highest BCUT2D eigenvalue weighted by molar-refractivity contribution is 14.0. The zero-order chi connectivity index (χ0) is 17.7. The van der Waals surface area contributed by atoms with E-state index in [1.54, 1.807) is 0 Å². The largest absolute Gasteiger partial charge is 0.378 e. The van der Waals surface area contributed by atoms with Crippen molar-refractivity contribution in [1.82, 2.24) is 10.6 Å². The normalized spacial score (nSPS) is 32.7. The molecular formula is C18H34IN3O3S. The quantitative estimate of drug-likeness (QED) is 0.353. The highest BCUT2D eigenvalue weighted by Gasteiger charge is 2.28. The van der Waals surface area contributed by atoms with E-state index in [9.17, 15) is 8.42 Å². The minimum atomic E-state index is -2.83. The Bertz CT molecular complexity index is 564. The molecule has 26 heavy (non-hydrogen) atoms. The monoisotopic (exact) mass is 499 g/mol. The Hall–Kier alpha value is -0.0900. The lowest BCUT2D eigenvalue weighted by atomic mass is 9.95. The molecule has 3 rings (SSSR count). The number of rotatable bonds is 4. The minimum absolute atomic E-state index is 0. The number of nitrogens with zero attached hydrogens (tertiary/aromatic N) is 1. The van der Waals surface area contributed by atoms with Crippen LogP contribution >= 0.6 is 24.0 Å². The molecule has 0 aromatic heterocycles. The first kappa shape index (κ1) is 22.2. The molecule has 3 fully saturated rings. The first-order chi connectivity index (χ1) is 12.0. The Labute approximate surface area is 175 Å². The van der Waals surface area contributed by atoms with Crippen LogP contribution in [0.4, 0.5) is 0 Å². The van der Waals surface area contributed by atoms with Gasteiger partial charge in [0.2, 0.25) is 0 Å². The molecule has 2 saturated heterocycles. The van der Waals surface area contributed by atoms with Gasteiger partial charge in [-0.25, -0.2) is 8.42 Å². The molecule has 0 amide bonds. The van der Waals surface area contributed by atoms with E-state index in [1.165, 1.54) is 32.1 Å². The summed E-state index contributed by atoms with van der Waals surface area (Å²) in [6.45, 7) is 3.50. The molecule has 2 aliphatic heterocycles. The third kappa shape index (κ3) is 7.14. The maximum absolute atomic E-state index is 11.7. The van der Waals surface area contributed by atoms with Crippen molar-refractivity contribution in [3.05, 3.63) is 0 Å². The van der Waals surface area contributed by atoms with Gasteiger partial charge in [-0.3, -0.25) is 4.99 Å². The van der Waals surface area contributed by atoms with Gasteiger partial charge in [-0.15, -0.1) is 24.0 Å². The van der Waals surface area contributed by atoms with Gasteiger partial charge in [0.25, 0.3) is 0 Å². The summed E-state index contributed by atoms with van der Waals surface area (Å²) in [4.78, 5) is 4.77. The highest BCUT2D eigenvalue weighted by atomic mass is 127. The van der Waals surface area contributed by atoms with E-state index in [1.807, 2.05) is 0 Å². The number of hydrogen-bond acceptors (Lipinski definition) is 4. The summed E-state index contributed by atoms with van der Waals surface area (Å²) in [5.41, 5.74) is 0. The number of sulfone groups is 1. The molecule has 0 radical (unpaired) electrons. The van der Waals surface area contributed by atoms with E-state index in [4.69, 9.17) is 9.73 Å². The second-order valence-corrected chi connectivity index (χ2v) is 10.2. The van der Waals surface area contributed by atoms with Crippen LogP contribution in [0.1, 0.15) is 58.3 Å². The lowest BCUT2D eigenvalue weighted by molar-refractivity contribution is 0.0165. The van der Waals surface area contributed by atoms with Gasteiger partial charge < -0.3 is 15.4 Å². The predicted octanol–water partition coefficient (Wildman–Crippen LogP) is 2.47. The fraction of sp³-hybridized carbons (Fsp3) is 0.944. The maximum atomic E-state index is 11.7. The van der Waals surface area contributed by atoms with Crippen molar-refractivity contribution in [2.24, 2.45) is 10.9 Å². The summed E-state index contributed by atoms with van der Waals surface area (Å²) in [6, 6.07) is 0.871. The Balaban J connectivity index is 0.00000243. The van der Waals surface area contributed by atoms with Crippen LogP contribution in [-0.2, 0) is 14.6 Å². The molecule has 1 saturated carbocycles. The number of nitrogens with one attached hydrogen (secondary N) is 2. The molecule has 3 atom stereocenters. The third-order valence-corrected chi connectivity index (χ3v) is 7.44. The standard InChI is InChI=1S/C18H33N3O3S.HI/c1-14-11-17(7-9-24-14)21-18(20-16-5-3-2-4-6-16)19-12-15-8-10-25(22,23)13-15;/h14-17H,2-13H2,1H3,(H2,19,20,21);1H. The van der Waals surface area contributed by atoms with E-state index < -0.39 is 9.84 Å². The van der Waals surface area contributed by atoms with Crippen molar-refractivity contribution in [3.8, 4) is 0 Å². The fourth-order valence-electron chi connectivity index (χ4n) is 4.13. The Morgan fingerprint density at radius 3 is 2.46 bits per heavy atom. The highest BCUT2D eigenvalue weighted by Crippen LogP contribution is 2.20. The van der Waals surface area contributed by atoms with Gasteiger partial charge in [-0.05, 0) is 44.9 Å². The third-order valence-electron chi connectivity index (χ3n) is 5.61. The molecule has 3 aliphatic rings. The summed E-state index contributed by atoms with van der Waals surface area (Å²) >= 11 is 0. The molecule has 0 aromatic rings. The van der Waals surface area contributed by atoms with Gasteiger partial charge in [0.15, 0.2) is 15.8 Å². The van der Waals surface area contributed by atoms with Gasteiger partial charge in [-0.1, -0.05) is 19.3 Å². The predicted molar refractivity (Wildman–Crippen MR) is 116 cm³/mol. The molecule has 8 heteroatoms. The molecule has 0 bridgehead atoms. The van der Waals surface area contributed by atoms with Crippen LogP contribution in [0, 0.1) is 5.92 Å². The van der Waals surface area contributed by atoms with Crippen LogP contribution in [0.25, 0.3) is 0 Å². The minimum Gasteiger partial charge on any atom is -0.378 e. The summed E-state index contributed by atoms with van der Waals surface area (Å²) < 4.78 is 29.0. The topological polar surface area (TPSA) is 79.8 Å². The average Bonchev–Trinajstić information content (AvgIpc) is 2.93. The second kappa shape index (κ2) is 10.5. The van der Waals surface area contributed by atoms with Gasteiger partial charge in [0.05, 0.1) is 17.6 Å². The maximum Gasteiger partial charge on any atom is 0.191 e. The lowest BCUT2D eigenvalue weighted by Gasteiger charge is -2.31. The molecule has 152 valence electrons. The molecule has 0 aromatic carbocycles. The first-order valence-corrected chi connectivity index (χ1v) is 11.7. The Morgan fingerprint density at radius 1 is 1.08 bits per heavy atom. The fourth-order valence-corrected chi connectivity index (χ4v) is 5.98. The first-order valence-electron chi connectivity index (χ1n) is 9.90. The second-order valence-electron chi connectivity index (χ2n) is 7.98. The van der Waals surface area contributed by atoms with Crippen molar-refractivity contribution < 1.29 is 13.2 Å². The smallest absolute Gasteiger partial charge is 0.191 e. The molecule has 0 spiro atoms. The molecule has 6 nitrogen and oxygen atoms in total. The lowest BCUT2D eigenvalue weighted by Crippen LogP contribution is -2.50. The van der Waals surface area contributed by atoms with Crippen molar-refractivity contribution >= 4 is 39.8 Å². The molecule has 2 N–H and O–H groups in total. The number of hydrogen-bond donors (Lipinski definition) is 2. The summed E-state index contributed by atoms with van der Waals surface area (Å²) in [7, 11) is -2.83.